The standard InChI is InChI=1S/C18H25N3O2/c1-12(2)17-19-18(23-20-17)14(4)21-10-13(3)22-16(11-21)15-8-6-5-7-9-15/h5-9,12-14,16H,10-11H2,1-4H3. The monoisotopic (exact) mass is 315 g/mol. The summed E-state index contributed by atoms with van der Waals surface area (Å²) in [6.07, 6.45) is 0.249. The molecule has 3 unspecified atom stereocenters. The highest BCUT2D eigenvalue weighted by molar-refractivity contribution is 5.18. The van der Waals surface area contributed by atoms with E-state index in [9.17, 15) is 0 Å². The number of hydrogen-bond donors (Lipinski definition) is 0. The Balaban J connectivity index is 1.75. The maximum absolute atomic E-state index is 6.12. The smallest absolute Gasteiger partial charge is 0.243 e. The second-order valence-corrected chi connectivity index (χ2v) is 6.62. The Hall–Kier alpha value is -1.72. The number of benzene rings is 1. The zero-order valence-corrected chi connectivity index (χ0v) is 14.3. The molecule has 1 fully saturated rings. The van der Waals surface area contributed by atoms with Crippen LogP contribution in [-0.4, -0.2) is 34.2 Å². The van der Waals surface area contributed by atoms with Crippen molar-refractivity contribution in [1.82, 2.24) is 15.0 Å². The van der Waals surface area contributed by atoms with E-state index in [0.29, 0.717) is 5.89 Å². The maximum atomic E-state index is 6.12. The minimum Gasteiger partial charge on any atom is -0.368 e. The van der Waals surface area contributed by atoms with Gasteiger partial charge in [0, 0.05) is 19.0 Å². The molecule has 3 atom stereocenters. The van der Waals surface area contributed by atoms with Crippen LogP contribution in [0.1, 0.15) is 63.0 Å². The zero-order valence-electron chi connectivity index (χ0n) is 14.3. The van der Waals surface area contributed by atoms with Crippen molar-refractivity contribution in [2.24, 2.45) is 0 Å². The quantitative estimate of drug-likeness (QED) is 0.860. The van der Waals surface area contributed by atoms with Crippen molar-refractivity contribution in [3.8, 4) is 0 Å². The molecule has 1 aliphatic heterocycles. The van der Waals surface area contributed by atoms with Crippen LogP contribution < -0.4 is 0 Å². The number of rotatable bonds is 4. The van der Waals surface area contributed by atoms with Gasteiger partial charge in [-0.05, 0) is 19.4 Å². The molecule has 0 aliphatic carbocycles. The number of aromatic nitrogens is 2. The van der Waals surface area contributed by atoms with Crippen LogP contribution in [0.25, 0.3) is 0 Å². The Morgan fingerprint density at radius 2 is 1.87 bits per heavy atom. The Morgan fingerprint density at radius 3 is 2.52 bits per heavy atom. The average molecular weight is 315 g/mol. The van der Waals surface area contributed by atoms with Crippen molar-refractivity contribution in [3.05, 3.63) is 47.6 Å². The molecule has 124 valence electrons. The first kappa shape index (κ1) is 16.1. The van der Waals surface area contributed by atoms with Gasteiger partial charge in [0.05, 0.1) is 18.2 Å². The van der Waals surface area contributed by atoms with Crippen molar-refractivity contribution in [2.45, 2.75) is 51.9 Å². The fourth-order valence-corrected chi connectivity index (χ4v) is 2.96. The van der Waals surface area contributed by atoms with Crippen LogP contribution in [0.3, 0.4) is 0 Å². The molecule has 3 rings (SSSR count). The topological polar surface area (TPSA) is 51.4 Å². The lowest BCUT2D eigenvalue weighted by Crippen LogP contribution is -2.44. The summed E-state index contributed by atoms with van der Waals surface area (Å²) >= 11 is 0. The molecule has 1 aromatic heterocycles. The normalized spacial score (nSPS) is 24.0. The molecule has 2 heterocycles. The van der Waals surface area contributed by atoms with E-state index in [0.717, 1.165) is 18.9 Å². The van der Waals surface area contributed by atoms with Crippen LogP contribution in [0.15, 0.2) is 34.9 Å². The van der Waals surface area contributed by atoms with Gasteiger partial charge in [-0.1, -0.05) is 49.3 Å². The first-order valence-corrected chi connectivity index (χ1v) is 8.32. The highest BCUT2D eigenvalue weighted by Gasteiger charge is 2.32. The number of ether oxygens (including phenoxy) is 1. The van der Waals surface area contributed by atoms with Crippen LogP contribution in [0, 0.1) is 0 Å². The second-order valence-electron chi connectivity index (χ2n) is 6.62. The fraction of sp³-hybridized carbons (Fsp3) is 0.556. The summed E-state index contributed by atoms with van der Waals surface area (Å²) in [7, 11) is 0. The van der Waals surface area contributed by atoms with Gasteiger partial charge in [-0.15, -0.1) is 0 Å². The number of nitrogens with zero attached hydrogens (tertiary/aromatic N) is 3. The highest BCUT2D eigenvalue weighted by atomic mass is 16.5. The van der Waals surface area contributed by atoms with Gasteiger partial charge in [0.25, 0.3) is 0 Å². The number of morpholine rings is 1. The van der Waals surface area contributed by atoms with E-state index in [1.54, 1.807) is 0 Å². The molecule has 2 aromatic rings. The van der Waals surface area contributed by atoms with E-state index in [1.165, 1.54) is 5.56 Å². The van der Waals surface area contributed by atoms with Gasteiger partial charge >= 0.3 is 0 Å². The van der Waals surface area contributed by atoms with Crippen LogP contribution in [-0.2, 0) is 4.74 Å². The molecule has 0 radical (unpaired) electrons. The van der Waals surface area contributed by atoms with E-state index in [-0.39, 0.29) is 24.2 Å². The summed E-state index contributed by atoms with van der Waals surface area (Å²) in [5.74, 6) is 1.74. The Bertz CT molecular complexity index is 626. The van der Waals surface area contributed by atoms with Crippen molar-refractivity contribution >= 4 is 0 Å². The van der Waals surface area contributed by atoms with E-state index < -0.39 is 0 Å². The first-order valence-electron chi connectivity index (χ1n) is 8.32. The van der Waals surface area contributed by atoms with Gasteiger partial charge in [-0.2, -0.15) is 4.98 Å². The summed E-state index contributed by atoms with van der Waals surface area (Å²) in [5, 5.41) is 4.08. The number of hydrogen-bond acceptors (Lipinski definition) is 5. The van der Waals surface area contributed by atoms with E-state index in [2.05, 4.69) is 67.0 Å². The highest BCUT2D eigenvalue weighted by Crippen LogP contribution is 2.30. The first-order chi connectivity index (χ1) is 11.0. The molecule has 0 saturated carbocycles. The van der Waals surface area contributed by atoms with Crippen LogP contribution in [0.4, 0.5) is 0 Å². The Labute approximate surface area is 137 Å². The summed E-state index contributed by atoms with van der Waals surface area (Å²) in [5.41, 5.74) is 1.21. The predicted octanol–water partition coefficient (Wildman–Crippen LogP) is 3.72. The Morgan fingerprint density at radius 1 is 1.13 bits per heavy atom. The molecule has 5 nitrogen and oxygen atoms in total. The molecule has 1 aromatic carbocycles. The summed E-state index contributed by atoms with van der Waals surface area (Å²) in [6, 6.07) is 10.5. The van der Waals surface area contributed by atoms with Crippen LogP contribution >= 0.6 is 0 Å². The fourth-order valence-electron chi connectivity index (χ4n) is 2.96. The minimum atomic E-state index is 0.0786. The summed E-state index contributed by atoms with van der Waals surface area (Å²) < 4.78 is 11.6. The third-order valence-electron chi connectivity index (χ3n) is 4.34. The molecule has 23 heavy (non-hydrogen) atoms. The zero-order chi connectivity index (χ0) is 16.4. The van der Waals surface area contributed by atoms with Crippen molar-refractivity contribution in [1.29, 1.82) is 0 Å². The Kier molecular flexibility index (Phi) is 4.78. The molecule has 0 bridgehead atoms. The molecule has 1 aliphatic rings. The molecule has 0 N–H and O–H groups in total. The molecular weight excluding hydrogens is 290 g/mol. The van der Waals surface area contributed by atoms with Crippen molar-refractivity contribution < 1.29 is 9.26 Å². The van der Waals surface area contributed by atoms with Crippen LogP contribution in [0.5, 0.6) is 0 Å². The lowest BCUT2D eigenvalue weighted by Gasteiger charge is -2.39. The van der Waals surface area contributed by atoms with Gasteiger partial charge < -0.3 is 9.26 Å². The van der Waals surface area contributed by atoms with Gasteiger partial charge in [0.1, 0.15) is 0 Å². The molecule has 0 spiro atoms. The molecule has 1 saturated heterocycles. The average Bonchev–Trinajstić information content (AvgIpc) is 3.04. The van der Waals surface area contributed by atoms with Gasteiger partial charge in [0.15, 0.2) is 5.82 Å². The molecule has 5 heteroatoms. The third kappa shape index (κ3) is 3.62. The molecule has 0 amide bonds. The van der Waals surface area contributed by atoms with Gasteiger partial charge in [-0.3, -0.25) is 4.90 Å². The van der Waals surface area contributed by atoms with E-state index in [4.69, 9.17) is 9.26 Å². The molecular formula is C18H25N3O2. The second kappa shape index (κ2) is 6.81. The van der Waals surface area contributed by atoms with Gasteiger partial charge in [0.2, 0.25) is 5.89 Å². The third-order valence-corrected chi connectivity index (χ3v) is 4.34. The van der Waals surface area contributed by atoms with Crippen molar-refractivity contribution in [3.63, 3.8) is 0 Å². The lowest BCUT2D eigenvalue weighted by atomic mass is 10.1. The largest absolute Gasteiger partial charge is 0.368 e. The lowest BCUT2D eigenvalue weighted by molar-refractivity contribution is -0.0922. The van der Waals surface area contributed by atoms with E-state index in [1.807, 2.05) is 6.07 Å². The van der Waals surface area contributed by atoms with E-state index >= 15 is 0 Å². The van der Waals surface area contributed by atoms with Crippen molar-refractivity contribution in [2.75, 3.05) is 13.1 Å². The predicted molar refractivity (Wildman–Crippen MR) is 88.1 cm³/mol. The van der Waals surface area contributed by atoms with Gasteiger partial charge in [-0.25, -0.2) is 0 Å². The summed E-state index contributed by atoms with van der Waals surface area (Å²) in [4.78, 5) is 6.91. The van der Waals surface area contributed by atoms with Crippen LogP contribution in [0.2, 0.25) is 0 Å². The summed E-state index contributed by atoms with van der Waals surface area (Å²) in [6.45, 7) is 10.1. The SMILES string of the molecule is CC1CN(C(C)c2nc(C(C)C)no2)CC(c2ccccc2)O1. The minimum absolute atomic E-state index is 0.0786. The maximum Gasteiger partial charge on any atom is 0.243 e.